The third-order valence-electron chi connectivity index (χ3n) is 10.7. The topological polar surface area (TPSA) is 386 Å². The lowest BCUT2D eigenvalue weighted by Gasteiger charge is -2.33. The van der Waals surface area contributed by atoms with Crippen LogP contribution in [0.5, 0.6) is 5.75 Å². The summed E-state index contributed by atoms with van der Waals surface area (Å²) < 4.78 is 5.38. The Morgan fingerprint density at radius 3 is 1.68 bits per heavy atom. The highest BCUT2D eigenvalue weighted by atomic mass is 35.5. The molecule has 27 heteroatoms. The molecule has 1 heterocycles. The highest BCUT2D eigenvalue weighted by Crippen LogP contribution is 2.22. The maximum absolute atomic E-state index is 14.2. The predicted octanol–water partition coefficient (Wildman–Crippen LogP) is -0.991. The van der Waals surface area contributed by atoms with E-state index in [0.717, 1.165) is 18.9 Å². The van der Waals surface area contributed by atoms with Crippen LogP contribution >= 0.6 is 11.6 Å². The molecule has 0 spiro atoms. The van der Waals surface area contributed by atoms with Crippen LogP contribution in [0.25, 0.3) is 0 Å². The van der Waals surface area contributed by atoms with Gasteiger partial charge in [-0.05, 0) is 68.7 Å². The number of carboxylic acids is 3. The molecule has 1 aliphatic heterocycles. The number of aliphatic hydroxyl groups is 1. The molecule has 2 rings (SSSR count). The zero-order chi connectivity index (χ0) is 53.9. The fourth-order valence-corrected chi connectivity index (χ4v) is 7.18. The van der Waals surface area contributed by atoms with Crippen LogP contribution in [0.3, 0.4) is 0 Å². The van der Waals surface area contributed by atoms with Crippen molar-refractivity contribution in [2.24, 2.45) is 11.8 Å². The molecule has 9 amide bonds. The van der Waals surface area contributed by atoms with Crippen LogP contribution in [0, 0.1) is 11.8 Å². The van der Waals surface area contributed by atoms with Gasteiger partial charge in [0, 0.05) is 31.5 Å². The molecule has 8 atom stereocenters. The summed E-state index contributed by atoms with van der Waals surface area (Å²) in [6.07, 6.45) is -5.13. The molecule has 0 radical (unpaired) electrons. The molecular weight excluding hydrogens is 962 g/mol. The fraction of sp³-hybridized carbons (Fsp3) is 0.591. The van der Waals surface area contributed by atoms with Gasteiger partial charge in [-0.3, -0.25) is 58.2 Å². The highest BCUT2D eigenvalue weighted by Gasteiger charge is 2.41. The van der Waals surface area contributed by atoms with Crippen LogP contribution in [0.15, 0.2) is 24.3 Å². The van der Waals surface area contributed by atoms with E-state index in [1.54, 1.807) is 20.8 Å². The van der Waals surface area contributed by atoms with Crippen LogP contribution < -0.4 is 42.1 Å². The first kappa shape index (κ1) is 60.0. The summed E-state index contributed by atoms with van der Waals surface area (Å²) in [6, 6.07) is -5.40. The number of rotatable bonds is 26. The number of hydrogen-bond donors (Lipinski definition) is 11. The zero-order valence-electron chi connectivity index (χ0n) is 40.3. The van der Waals surface area contributed by atoms with Crippen LogP contribution in [-0.4, -0.2) is 163 Å². The monoisotopic (exact) mass is 1030 g/mol. The molecule has 0 unspecified atom stereocenters. The van der Waals surface area contributed by atoms with E-state index in [0.29, 0.717) is 17.9 Å². The zero-order valence-corrected chi connectivity index (χ0v) is 41.1. The second kappa shape index (κ2) is 28.5. The van der Waals surface area contributed by atoms with Gasteiger partial charge in [-0.1, -0.05) is 46.2 Å². The molecule has 1 fully saturated rings. The summed E-state index contributed by atoms with van der Waals surface area (Å²) in [5, 5.41) is 53.4. The quantitative estimate of drug-likeness (QED) is 0.0496. The molecule has 1 aliphatic rings. The van der Waals surface area contributed by atoms with Crippen molar-refractivity contribution in [1.29, 1.82) is 0 Å². The third kappa shape index (κ3) is 19.7. The number of ether oxygens (including phenoxy) is 1. The van der Waals surface area contributed by atoms with E-state index >= 15 is 0 Å². The summed E-state index contributed by atoms with van der Waals surface area (Å²) in [7, 11) is 0. The van der Waals surface area contributed by atoms with E-state index in [2.05, 4.69) is 37.3 Å². The van der Waals surface area contributed by atoms with Crippen LogP contribution in [0.4, 0.5) is 4.79 Å². The Bertz CT molecular complexity index is 2110. The lowest BCUT2D eigenvalue weighted by atomic mass is 9.98. The molecule has 1 aromatic carbocycles. The van der Waals surface area contributed by atoms with Crippen molar-refractivity contribution in [3.05, 3.63) is 29.3 Å². The van der Waals surface area contributed by atoms with Crippen molar-refractivity contribution in [1.82, 2.24) is 47.2 Å². The molecule has 11 N–H and O–H groups in total. The summed E-state index contributed by atoms with van der Waals surface area (Å²) >= 11 is 5.92. The van der Waals surface area contributed by atoms with Gasteiger partial charge in [0.15, 0.2) is 0 Å². The van der Waals surface area contributed by atoms with Crippen LogP contribution in [-0.2, 0) is 52.7 Å². The minimum atomic E-state index is -1.98. The number of likely N-dealkylation sites (tertiary alicyclic amines) is 1. The normalized spacial score (nSPS) is 16.1. The Morgan fingerprint density at radius 1 is 0.690 bits per heavy atom. The van der Waals surface area contributed by atoms with Crippen molar-refractivity contribution >= 4 is 82.9 Å². The fourth-order valence-electron chi connectivity index (χ4n) is 7.05. The van der Waals surface area contributed by atoms with Gasteiger partial charge >= 0.3 is 24.0 Å². The smallest absolute Gasteiger partial charge is 0.434 e. The Morgan fingerprint density at radius 2 is 1.18 bits per heavy atom. The third-order valence-corrected chi connectivity index (χ3v) is 10.9. The maximum Gasteiger partial charge on any atom is 0.434 e. The van der Waals surface area contributed by atoms with E-state index in [1.807, 2.05) is 0 Å². The molecule has 0 saturated carbocycles. The van der Waals surface area contributed by atoms with E-state index in [4.69, 9.17) is 16.3 Å². The van der Waals surface area contributed by atoms with Gasteiger partial charge < -0.3 is 62.0 Å². The number of hydrazine groups is 1. The first-order valence-electron chi connectivity index (χ1n) is 22.6. The number of benzene rings is 1. The number of aliphatic carboxylic acids is 3. The average molecular weight is 1030 g/mol. The Hall–Kier alpha value is -7.09. The molecule has 0 bridgehead atoms. The van der Waals surface area contributed by atoms with Crippen molar-refractivity contribution in [3.63, 3.8) is 0 Å². The molecule has 1 saturated heterocycles. The minimum Gasteiger partial charge on any atom is -0.481 e. The predicted molar refractivity (Wildman–Crippen MR) is 247 cm³/mol. The van der Waals surface area contributed by atoms with Crippen LogP contribution in [0.2, 0.25) is 5.02 Å². The van der Waals surface area contributed by atoms with Gasteiger partial charge in [0.05, 0.1) is 18.9 Å². The van der Waals surface area contributed by atoms with E-state index in [1.165, 1.54) is 43.0 Å². The van der Waals surface area contributed by atoms with Gasteiger partial charge in [0.25, 0.3) is 5.91 Å². The van der Waals surface area contributed by atoms with Crippen LogP contribution in [0.1, 0.15) is 93.4 Å². The van der Waals surface area contributed by atoms with Crippen molar-refractivity contribution in [2.75, 3.05) is 13.1 Å². The highest BCUT2D eigenvalue weighted by molar-refractivity contribution is 6.30. The molecule has 26 nitrogen and oxygen atoms in total. The number of carbonyl (C=O) groups is 12. The minimum absolute atomic E-state index is 0.0537. The Kier molecular flexibility index (Phi) is 24.1. The van der Waals surface area contributed by atoms with Gasteiger partial charge in [-0.2, -0.15) is 0 Å². The maximum atomic E-state index is 14.2. The number of hydrogen-bond acceptors (Lipinski definition) is 14. The first-order chi connectivity index (χ1) is 33.2. The summed E-state index contributed by atoms with van der Waals surface area (Å²) in [5.74, 6) is -14.0. The second-order valence-corrected chi connectivity index (χ2v) is 17.8. The standard InChI is InChI=1S/C44H64ClN9O17/c1-8-17-54(44(70)71-26-13-11-25(45)12-14-26)52-40(66)30-10-9-18-53(30)43(69)35(22(4)5)50-41(67)34(21(2)3)49-39(65)29(20-33(61)62)48-37(63)27(15-16-31(57)58)47-42(68)36(23(6)55)51-38(64)28(19-32(59)60)46-24(7)56/h11-14,21-23,27-30,34-36,55H,8-10,15-20H2,1-7H3,(H,46,56)(H,47,68)(H,48,63)(H,49,65)(H,50,67)(H,51,64)(H,52,66)(H,57,58)(H,59,60)(H,61,62)/t23-,27+,28+,29+,30-,34+,35+,36+/m1/s1. The summed E-state index contributed by atoms with van der Waals surface area (Å²) in [5.41, 5.74) is 2.53. The van der Waals surface area contributed by atoms with E-state index in [9.17, 15) is 78.0 Å². The molecular formula is C44H64ClN9O17. The lowest BCUT2D eigenvalue weighted by Crippen LogP contribution is -2.62. The molecule has 71 heavy (non-hydrogen) atoms. The largest absolute Gasteiger partial charge is 0.481 e. The number of aliphatic hydroxyl groups excluding tert-OH is 1. The van der Waals surface area contributed by atoms with Gasteiger partial charge in [0.1, 0.15) is 48.0 Å². The average Bonchev–Trinajstić information content (AvgIpc) is 3.77. The van der Waals surface area contributed by atoms with E-state index in [-0.39, 0.29) is 25.3 Å². The number of nitrogens with one attached hydrogen (secondary N) is 7. The van der Waals surface area contributed by atoms with Gasteiger partial charge in [-0.25, -0.2) is 9.80 Å². The van der Waals surface area contributed by atoms with Gasteiger partial charge in [0.2, 0.25) is 41.4 Å². The van der Waals surface area contributed by atoms with Crippen molar-refractivity contribution in [3.8, 4) is 5.75 Å². The summed E-state index contributed by atoms with van der Waals surface area (Å²) in [4.78, 5) is 156. The molecule has 1 aromatic rings. The Balaban J connectivity index is 2.30. The SMILES string of the molecule is CCCN(NC(=O)[C@H]1CCCN1C(=O)[C@@H](NC(=O)[C@@H](NC(=O)[C@H](CC(=O)O)NC(=O)[C@H](CCC(=O)O)NC(=O)[C@@H](NC(=O)[C@H](CC(=O)O)NC(C)=O)[C@@H](C)O)C(C)C)C(C)C)C(=O)Oc1ccc(Cl)cc1. The molecule has 0 aromatic heterocycles. The number of carbonyl (C=O) groups excluding carboxylic acids is 9. The number of nitrogens with zero attached hydrogens (tertiary/aromatic N) is 2. The number of carboxylic acid groups (broad SMARTS) is 3. The molecule has 394 valence electrons. The lowest BCUT2D eigenvalue weighted by molar-refractivity contribution is -0.144. The first-order valence-corrected chi connectivity index (χ1v) is 23.0. The van der Waals surface area contributed by atoms with E-state index < -0.39 is 157 Å². The van der Waals surface area contributed by atoms with Crippen molar-refractivity contribution in [2.45, 2.75) is 142 Å². The number of halogens is 1. The number of amides is 9. The summed E-state index contributed by atoms with van der Waals surface area (Å²) in [6.45, 7) is 10.2. The molecule has 0 aliphatic carbocycles. The Labute approximate surface area is 413 Å². The van der Waals surface area contributed by atoms with Crippen molar-refractivity contribution < 1.29 is 82.7 Å². The second-order valence-electron chi connectivity index (χ2n) is 17.3. The van der Waals surface area contributed by atoms with Gasteiger partial charge in [-0.15, -0.1) is 0 Å².